The maximum atomic E-state index is 9.35. The Morgan fingerprint density at radius 2 is 1.33 bits per heavy atom. The minimum absolute atomic E-state index is 0.0247. The predicted molar refractivity (Wildman–Crippen MR) is 64.0 cm³/mol. The van der Waals surface area contributed by atoms with Crippen LogP contribution in [0.15, 0.2) is 0 Å². The summed E-state index contributed by atoms with van der Waals surface area (Å²) >= 11 is 0. The van der Waals surface area contributed by atoms with Crippen molar-refractivity contribution in [3.63, 3.8) is 0 Å². The van der Waals surface area contributed by atoms with E-state index < -0.39 is 5.54 Å². The minimum atomic E-state index is -0.454. The van der Waals surface area contributed by atoms with Crippen LogP contribution in [-0.2, 0) is 0 Å². The standard InChI is InChI=1S/C12H27NO2/c1-4-6-8-13(9-7-5-2)12(3,10-14)11-15/h14-15H,4-11H2,1-3H3. The van der Waals surface area contributed by atoms with Crippen LogP contribution in [0.1, 0.15) is 46.5 Å². The Bertz CT molecular complexity index is 139. The SMILES string of the molecule is CCCCN(CCCC)C(C)(CO)CO. The Kier molecular flexibility index (Phi) is 8.02. The molecule has 0 spiro atoms. The monoisotopic (exact) mass is 217 g/mol. The van der Waals surface area contributed by atoms with Crippen molar-refractivity contribution in [3.05, 3.63) is 0 Å². The summed E-state index contributed by atoms with van der Waals surface area (Å²) in [6, 6.07) is 0. The van der Waals surface area contributed by atoms with Crippen molar-refractivity contribution in [3.8, 4) is 0 Å². The topological polar surface area (TPSA) is 43.7 Å². The van der Waals surface area contributed by atoms with Gasteiger partial charge in [0.05, 0.1) is 18.8 Å². The van der Waals surface area contributed by atoms with E-state index in [9.17, 15) is 10.2 Å². The fraction of sp³-hybridized carbons (Fsp3) is 1.00. The van der Waals surface area contributed by atoms with Crippen molar-refractivity contribution in [2.75, 3.05) is 26.3 Å². The van der Waals surface area contributed by atoms with Gasteiger partial charge in [-0.1, -0.05) is 26.7 Å². The van der Waals surface area contributed by atoms with Gasteiger partial charge in [0.25, 0.3) is 0 Å². The molecule has 0 aliphatic carbocycles. The lowest BCUT2D eigenvalue weighted by Crippen LogP contribution is -2.52. The second-order valence-corrected chi connectivity index (χ2v) is 4.51. The van der Waals surface area contributed by atoms with E-state index in [0.717, 1.165) is 38.8 Å². The molecule has 15 heavy (non-hydrogen) atoms. The van der Waals surface area contributed by atoms with Gasteiger partial charge >= 0.3 is 0 Å². The highest BCUT2D eigenvalue weighted by Crippen LogP contribution is 2.15. The van der Waals surface area contributed by atoms with Crippen LogP contribution >= 0.6 is 0 Å². The number of unbranched alkanes of at least 4 members (excludes halogenated alkanes) is 2. The summed E-state index contributed by atoms with van der Waals surface area (Å²) < 4.78 is 0. The molecule has 0 aliphatic heterocycles. The van der Waals surface area contributed by atoms with E-state index in [1.54, 1.807) is 0 Å². The first kappa shape index (κ1) is 14.9. The maximum absolute atomic E-state index is 9.35. The molecule has 0 aromatic carbocycles. The second kappa shape index (κ2) is 8.08. The van der Waals surface area contributed by atoms with Crippen molar-refractivity contribution in [1.29, 1.82) is 0 Å². The van der Waals surface area contributed by atoms with E-state index in [-0.39, 0.29) is 13.2 Å². The molecule has 0 bridgehead atoms. The molecule has 0 rings (SSSR count). The summed E-state index contributed by atoms with van der Waals surface area (Å²) in [5.74, 6) is 0. The van der Waals surface area contributed by atoms with Crippen LogP contribution in [0.2, 0.25) is 0 Å². The molecule has 0 saturated carbocycles. The average Bonchev–Trinajstić information content (AvgIpc) is 2.28. The Hall–Kier alpha value is -0.120. The summed E-state index contributed by atoms with van der Waals surface area (Å²) in [7, 11) is 0. The quantitative estimate of drug-likeness (QED) is 0.617. The molecule has 0 fully saturated rings. The zero-order valence-electron chi connectivity index (χ0n) is 10.5. The third-order valence-electron chi connectivity index (χ3n) is 3.01. The van der Waals surface area contributed by atoms with Crippen LogP contribution in [0.3, 0.4) is 0 Å². The molecule has 0 radical (unpaired) electrons. The fourth-order valence-electron chi connectivity index (χ4n) is 1.60. The highest BCUT2D eigenvalue weighted by molar-refractivity contribution is 4.84. The zero-order valence-corrected chi connectivity index (χ0v) is 10.5. The minimum Gasteiger partial charge on any atom is -0.394 e. The molecule has 0 aromatic heterocycles. The molecule has 92 valence electrons. The van der Waals surface area contributed by atoms with Crippen molar-refractivity contribution < 1.29 is 10.2 Å². The summed E-state index contributed by atoms with van der Waals surface area (Å²) in [6.45, 7) is 8.23. The van der Waals surface area contributed by atoms with E-state index in [2.05, 4.69) is 18.7 Å². The Balaban J connectivity index is 4.29. The molecule has 0 saturated heterocycles. The smallest absolute Gasteiger partial charge is 0.0644 e. The lowest BCUT2D eigenvalue weighted by Gasteiger charge is -2.38. The lowest BCUT2D eigenvalue weighted by molar-refractivity contribution is -0.00224. The molecule has 0 heterocycles. The second-order valence-electron chi connectivity index (χ2n) is 4.51. The Morgan fingerprint density at radius 1 is 0.933 bits per heavy atom. The third-order valence-corrected chi connectivity index (χ3v) is 3.01. The third kappa shape index (κ3) is 4.96. The van der Waals surface area contributed by atoms with E-state index >= 15 is 0 Å². The van der Waals surface area contributed by atoms with Crippen molar-refractivity contribution >= 4 is 0 Å². The van der Waals surface area contributed by atoms with Gasteiger partial charge in [-0.2, -0.15) is 0 Å². The van der Waals surface area contributed by atoms with E-state index in [1.165, 1.54) is 0 Å². The molecule has 0 atom stereocenters. The highest BCUT2D eigenvalue weighted by Gasteiger charge is 2.29. The first-order valence-electron chi connectivity index (χ1n) is 6.11. The van der Waals surface area contributed by atoms with Gasteiger partial charge in [0.1, 0.15) is 0 Å². The van der Waals surface area contributed by atoms with Crippen molar-refractivity contribution in [2.24, 2.45) is 0 Å². The number of hydrogen-bond acceptors (Lipinski definition) is 3. The van der Waals surface area contributed by atoms with Crippen LogP contribution in [0.4, 0.5) is 0 Å². The van der Waals surface area contributed by atoms with Crippen LogP contribution in [0.25, 0.3) is 0 Å². The molecule has 0 aromatic rings. The van der Waals surface area contributed by atoms with Gasteiger partial charge in [0.15, 0.2) is 0 Å². The average molecular weight is 217 g/mol. The fourth-order valence-corrected chi connectivity index (χ4v) is 1.60. The van der Waals surface area contributed by atoms with E-state index in [4.69, 9.17) is 0 Å². The number of hydrogen-bond donors (Lipinski definition) is 2. The van der Waals surface area contributed by atoms with Crippen LogP contribution in [-0.4, -0.2) is 47.0 Å². The van der Waals surface area contributed by atoms with Crippen molar-refractivity contribution in [2.45, 2.75) is 52.0 Å². The Labute approximate surface area is 94.1 Å². The first-order valence-corrected chi connectivity index (χ1v) is 6.11. The zero-order chi connectivity index (χ0) is 11.7. The van der Waals surface area contributed by atoms with Gasteiger partial charge in [0.2, 0.25) is 0 Å². The molecule has 0 aliphatic rings. The largest absolute Gasteiger partial charge is 0.394 e. The molecular weight excluding hydrogens is 190 g/mol. The first-order chi connectivity index (χ1) is 7.14. The van der Waals surface area contributed by atoms with Crippen LogP contribution in [0.5, 0.6) is 0 Å². The lowest BCUT2D eigenvalue weighted by atomic mass is 10.0. The Morgan fingerprint density at radius 3 is 1.60 bits per heavy atom. The highest BCUT2D eigenvalue weighted by atomic mass is 16.3. The number of aliphatic hydroxyl groups is 2. The molecule has 0 unspecified atom stereocenters. The van der Waals surface area contributed by atoms with Crippen LogP contribution in [0, 0.1) is 0 Å². The summed E-state index contributed by atoms with van der Waals surface area (Å²) in [5, 5.41) is 18.7. The predicted octanol–water partition coefficient (Wildman–Crippen LogP) is 1.63. The normalized spacial score (nSPS) is 12.4. The van der Waals surface area contributed by atoms with E-state index in [0.29, 0.717) is 0 Å². The number of aliphatic hydroxyl groups excluding tert-OH is 2. The summed E-state index contributed by atoms with van der Waals surface area (Å²) in [6.07, 6.45) is 4.55. The van der Waals surface area contributed by atoms with E-state index in [1.807, 2.05) is 6.92 Å². The van der Waals surface area contributed by atoms with Gasteiger partial charge < -0.3 is 10.2 Å². The van der Waals surface area contributed by atoms with Gasteiger partial charge in [-0.05, 0) is 32.9 Å². The molecule has 2 N–H and O–H groups in total. The molecular formula is C12H27NO2. The maximum Gasteiger partial charge on any atom is 0.0644 e. The van der Waals surface area contributed by atoms with Crippen molar-refractivity contribution in [1.82, 2.24) is 4.90 Å². The number of nitrogens with zero attached hydrogens (tertiary/aromatic N) is 1. The molecule has 3 nitrogen and oxygen atoms in total. The molecule has 0 amide bonds. The summed E-state index contributed by atoms with van der Waals surface area (Å²) in [5.41, 5.74) is -0.454. The van der Waals surface area contributed by atoms with Gasteiger partial charge in [-0.25, -0.2) is 0 Å². The van der Waals surface area contributed by atoms with Crippen LogP contribution < -0.4 is 0 Å². The summed E-state index contributed by atoms with van der Waals surface area (Å²) in [4.78, 5) is 2.22. The molecule has 3 heteroatoms. The van der Waals surface area contributed by atoms with Gasteiger partial charge in [0, 0.05) is 0 Å². The number of rotatable bonds is 9. The van der Waals surface area contributed by atoms with Gasteiger partial charge in [-0.15, -0.1) is 0 Å². The van der Waals surface area contributed by atoms with Gasteiger partial charge in [-0.3, -0.25) is 4.90 Å².